The van der Waals surface area contributed by atoms with Crippen LogP contribution >= 0.6 is 11.6 Å². The molecule has 0 saturated carbocycles. The molecule has 0 spiro atoms. The van der Waals surface area contributed by atoms with E-state index in [9.17, 15) is 22.4 Å². The molecule has 2 aromatic carbocycles. The second-order valence-corrected chi connectivity index (χ2v) is 6.95. The summed E-state index contributed by atoms with van der Waals surface area (Å²) in [7, 11) is 0. The molecule has 0 aliphatic carbocycles. The molecule has 3 aromatic rings. The summed E-state index contributed by atoms with van der Waals surface area (Å²) in [5, 5.41) is 3.75. The number of nitrogens with zero attached hydrogens (tertiary/aromatic N) is 3. The highest BCUT2D eigenvalue weighted by atomic mass is 35.5. The number of hydrogen-bond donors (Lipinski definition) is 0. The minimum absolute atomic E-state index is 0.0167. The number of carbonyl (C=O) groups excluding carboxylic acids is 1. The number of aromatic nitrogens is 2. The van der Waals surface area contributed by atoms with Crippen LogP contribution < -0.4 is 0 Å². The Morgan fingerprint density at radius 3 is 2.59 bits per heavy atom. The third-order valence-corrected chi connectivity index (χ3v) is 4.90. The molecule has 0 N–H and O–H groups in total. The number of amides is 1. The van der Waals surface area contributed by atoms with E-state index >= 15 is 0 Å². The molecule has 1 amide bonds. The lowest BCUT2D eigenvalue weighted by Crippen LogP contribution is -2.48. The number of alkyl halides is 3. The van der Waals surface area contributed by atoms with E-state index in [1.54, 1.807) is 0 Å². The summed E-state index contributed by atoms with van der Waals surface area (Å²) in [6.07, 6.45) is -4.48. The molecule has 0 bridgehead atoms. The summed E-state index contributed by atoms with van der Waals surface area (Å²) in [6.45, 7) is 0.404. The summed E-state index contributed by atoms with van der Waals surface area (Å²) in [4.78, 5) is 18.0. The zero-order chi connectivity index (χ0) is 20.8. The predicted molar refractivity (Wildman–Crippen MR) is 94.8 cm³/mol. The largest absolute Gasteiger partial charge is 0.416 e. The predicted octanol–water partition coefficient (Wildman–Crippen LogP) is 4.79. The summed E-state index contributed by atoms with van der Waals surface area (Å²) in [5.74, 6) is -1.34. The number of halogens is 5. The Balaban J connectivity index is 1.47. The van der Waals surface area contributed by atoms with Crippen molar-refractivity contribution in [2.24, 2.45) is 0 Å². The molecular weight excluding hydrogens is 414 g/mol. The van der Waals surface area contributed by atoms with E-state index in [-0.39, 0.29) is 46.9 Å². The molecule has 1 aliphatic rings. The van der Waals surface area contributed by atoms with Gasteiger partial charge in [0.05, 0.1) is 22.1 Å². The maximum atomic E-state index is 13.9. The topological polar surface area (TPSA) is 59.2 Å². The molecule has 0 unspecified atom stereocenters. The Morgan fingerprint density at radius 2 is 1.90 bits per heavy atom. The highest BCUT2D eigenvalue weighted by Crippen LogP contribution is 2.33. The smallest absolute Gasteiger partial charge is 0.339 e. The van der Waals surface area contributed by atoms with Gasteiger partial charge in [-0.05, 0) is 24.3 Å². The van der Waals surface area contributed by atoms with E-state index in [2.05, 4.69) is 10.1 Å². The molecule has 4 rings (SSSR count). The quantitative estimate of drug-likeness (QED) is 0.566. The Labute approximate surface area is 166 Å². The number of carbonyl (C=O) groups is 1. The SMILES string of the molecule is O=C(c1c(F)cccc1Cl)N1CC(c2nc(-c3cccc(C(F)(F)F)c3)no2)C1. The van der Waals surface area contributed by atoms with Crippen molar-refractivity contribution in [1.29, 1.82) is 0 Å². The third kappa shape index (κ3) is 3.69. The molecule has 1 saturated heterocycles. The van der Waals surface area contributed by atoms with Crippen LogP contribution in [0.15, 0.2) is 47.0 Å². The molecule has 0 atom stereocenters. The Hall–Kier alpha value is -2.94. The fourth-order valence-electron chi connectivity index (χ4n) is 3.01. The molecular formula is C19H12ClF4N3O2. The molecule has 1 fully saturated rings. The van der Waals surface area contributed by atoms with Crippen molar-refractivity contribution in [2.75, 3.05) is 13.1 Å². The lowest BCUT2D eigenvalue weighted by Gasteiger charge is -2.37. The van der Waals surface area contributed by atoms with Crippen LogP contribution in [-0.2, 0) is 6.18 Å². The highest BCUT2D eigenvalue weighted by molar-refractivity contribution is 6.33. The lowest BCUT2D eigenvalue weighted by atomic mass is 9.98. The molecule has 1 aromatic heterocycles. The van der Waals surface area contributed by atoms with Gasteiger partial charge < -0.3 is 9.42 Å². The first kappa shape index (κ1) is 19.4. The van der Waals surface area contributed by atoms with Crippen molar-refractivity contribution in [1.82, 2.24) is 15.0 Å². The van der Waals surface area contributed by atoms with Gasteiger partial charge in [-0.15, -0.1) is 0 Å². The average molecular weight is 426 g/mol. The van der Waals surface area contributed by atoms with Crippen LogP contribution in [0.4, 0.5) is 17.6 Å². The van der Waals surface area contributed by atoms with Crippen LogP contribution in [-0.4, -0.2) is 34.0 Å². The van der Waals surface area contributed by atoms with Crippen molar-refractivity contribution in [3.8, 4) is 11.4 Å². The van der Waals surface area contributed by atoms with Gasteiger partial charge in [0.15, 0.2) is 0 Å². The van der Waals surface area contributed by atoms with Crippen LogP contribution in [0.5, 0.6) is 0 Å². The van der Waals surface area contributed by atoms with E-state index in [0.29, 0.717) is 0 Å². The minimum Gasteiger partial charge on any atom is -0.339 e. The number of hydrogen-bond acceptors (Lipinski definition) is 4. The normalized spacial score (nSPS) is 14.7. The molecule has 1 aliphatic heterocycles. The van der Waals surface area contributed by atoms with Gasteiger partial charge in [0.2, 0.25) is 11.7 Å². The number of benzene rings is 2. The lowest BCUT2D eigenvalue weighted by molar-refractivity contribution is -0.137. The summed E-state index contributed by atoms with van der Waals surface area (Å²) < 4.78 is 57.6. The minimum atomic E-state index is -4.48. The monoisotopic (exact) mass is 425 g/mol. The van der Waals surface area contributed by atoms with Crippen molar-refractivity contribution in [3.63, 3.8) is 0 Å². The van der Waals surface area contributed by atoms with Crippen LogP contribution in [0.25, 0.3) is 11.4 Å². The maximum absolute atomic E-state index is 13.9. The molecule has 29 heavy (non-hydrogen) atoms. The van der Waals surface area contributed by atoms with Crippen molar-refractivity contribution >= 4 is 17.5 Å². The number of likely N-dealkylation sites (tertiary alicyclic amines) is 1. The van der Waals surface area contributed by atoms with E-state index in [4.69, 9.17) is 16.1 Å². The second-order valence-electron chi connectivity index (χ2n) is 6.54. The average Bonchev–Trinajstić information content (AvgIpc) is 3.09. The first-order valence-corrected chi connectivity index (χ1v) is 8.86. The van der Waals surface area contributed by atoms with Gasteiger partial charge in [-0.1, -0.05) is 35.0 Å². The van der Waals surface area contributed by atoms with Gasteiger partial charge in [-0.3, -0.25) is 4.79 Å². The first-order valence-electron chi connectivity index (χ1n) is 8.48. The molecule has 2 heterocycles. The Bertz CT molecular complexity index is 1060. The number of rotatable bonds is 3. The van der Waals surface area contributed by atoms with E-state index in [0.717, 1.165) is 18.2 Å². The maximum Gasteiger partial charge on any atom is 0.416 e. The van der Waals surface area contributed by atoms with Gasteiger partial charge in [0.1, 0.15) is 5.82 Å². The fourth-order valence-corrected chi connectivity index (χ4v) is 3.26. The molecule has 0 radical (unpaired) electrons. The summed E-state index contributed by atoms with van der Waals surface area (Å²) in [5.41, 5.74) is -0.855. The summed E-state index contributed by atoms with van der Waals surface area (Å²) >= 11 is 5.91. The van der Waals surface area contributed by atoms with Gasteiger partial charge in [-0.25, -0.2) is 4.39 Å². The van der Waals surface area contributed by atoms with Crippen LogP contribution in [0.2, 0.25) is 5.02 Å². The van der Waals surface area contributed by atoms with Crippen molar-refractivity contribution in [3.05, 3.63) is 70.3 Å². The van der Waals surface area contributed by atoms with Crippen molar-refractivity contribution < 1.29 is 26.9 Å². The van der Waals surface area contributed by atoms with Gasteiger partial charge >= 0.3 is 6.18 Å². The van der Waals surface area contributed by atoms with Crippen LogP contribution in [0.3, 0.4) is 0 Å². The molecule has 150 valence electrons. The zero-order valence-corrected chi connectivity index (χ0v) is 15.3. The van der Waals surface area contributed by atoms with Crippen LogP contribution in [0, 0.1) is 5.82 Å². The van der Waals surface area contributed by atoms with E-state index in [1.807, 2.05) is 0 Å². The van der Waals surface area contributed by atoms with E-state index in [1.165, 1.54) is 29.2 Å². The zero-order valence-electron chi connectivity index (χ0n) is 14.6. The molecule has 5 nitrogen and oxygen atoms in total. The van der Waals surface area contributed by atoms with E-state index < -0.39 is 23.5 Å². The Morgan fingerprint density at radius 1 is 1.17 bits per heavy atom. The fraction of sp³-hybridized carbons (Fsp3) is 0.211. The summed E-state index contributed by atoms with van der Waals surface area (Å²) in [6, 6.07) is 8.57. The Kier molecular flexibility index (Phi) is 4.77. The molecule has 10 heteroatoms. The van der Waals surface area contributed by atoms with Gasteiger partial charge in [-0.2, -0.15) is 18.2 Å². The highest BCUT2D eigenvalue weighted by Gasteiger charge is 2.37. The standard InChI is InChI=1S/C19H12ClF4N3O2/c20-13-5-2-6-14(21)15(13)18(28)27-8-11(9-27)17-25-16(26-29-17)10-3-1-4-12(7-10)19(22,23)24/h1-7,11H,8-9H2. The van der Waals surface area contributed by atoms with Gasteiger partial charge in [0.25, 0.3) is 5.91 Å². The van der Waals surface area contributed by atoms with Crippen molar-refractivity contribution in [2.45, 2.75) is 12.1 Å². The first-order chi connectivity index (χ1) is 13.7. The third-order valence-electron chi connectivity index (χ3n) is 4.58. The van der Waals surface area contributed by atoms with Crippen LogP contribution in [0.1, 0.15) is 27.7 Å². The van der Waals surface area contributed by atoms with Gasteiger partial charge in [0, 0.05) is 18.7 Å². The second kappa shape index (κ2) is 7.14.